The van der Waals surface area contributed by atoms with Crippen LogP contribution in [0.1, 0.15) is 11.1 Å². The quantitative estimate of drug-likeness (QED) is 0.267. The molecule has 0 saturated carbocycles. The first-order valence-electron chi connectivity index (χ1n) is 10.2. The number of phenols is 2. The number of benzene rings is 3. The van der Waals surface area contributed by atoms with Crippen LogP contribution in [0.15, 0.2) is 81.6 Å². The molecule has 0 bridgehead atoms. The van der Waals surface area contributed by atoms with Crippen LogP contribution in [-0.4, -0.2) is 39.5 Å². The molecule has 2 aromatic heterocycles. The van der Waals surface area contributed by atoms with Crippen molar-refractivity contribution in [3.05, 3.63) is 77.9 Å². The van der Waals surface area contributed by atoms with Gasteiger partial charge in [0.05, 0.1) is 22.1 Å². The van der Waals surface area contributed by atoms with Crippen molar-refractivity contribution in [3.8, 4) is 11.5 Å². The number of hydrogen-bond donors (Lipinski definition) is 3. The van der Waals surface area contributed by atoms with Crippen LogP contribution in [-0.2, 0) is 9.84 Å². The van der Waals surface area contributed by atoms with Crippen molar-refractivity contribution in [2.75, 3.05) is 5.73 Å². The summed E-state index contributed by atoms with van der Waals surface area (Å²) in [6, 6.07) is 17.8. The van der Waals surface area contributed by atoms with Crippen LogP contribution in [0, 0.1) is 6.92 Å². The number of nitrogens with zero attached hydrogens (tertiary/aromatic N) is 4. The summed E-state index contributed by atoms with van der Waals surface area (Å²) in [6.07, 6.45) is 1.37. The number of fused-ring (bicyclic) bond motifs is 2. The summed E-state index contributed by atoms with van der Waals surface area (Å²) in [5, 5.41) is 23.6. The van der Waals surface area contributed by atoms with Gasteiger partial charge in [-0.2, -0.15) is 9.78 Å². The van der Waals surface area contributed by atoms with Crippen LogP contribution in [0.5, 0.6) is 11.5 Å². The third-order valence-corrected chi connectivity index (χ3v) is 7.13. The molecule has 0 amide bonds. The maximum Gasteiger partial charge on any atom is 0.212 e. The number of aromatic hydroxyl groups is 2. The van der Waals surface area contributed by atoms with Gasteiger partial charge in [0.15, 0.2) is 17.1 Å². The number of rotatable bonds is 4. The van der Waals surface area contributed by atoms with E-state index in [-0.39, 0.29) is 38.3 Å². The van der Waals surface area contributed by atoms with Gasteiger partial charge in [0, 0.05) is 0 Å². The van der Waals surface area contributed by atoms with Crippen LogP contribution >= 0.6 is 0 Å². The minimum absolute atomic E-state index is 0.0839. The number of aromatic nitrogens is 3. The minimum Gasteiger partial charge on any atom is -0.504 e. The molecule has 34 heavy (non-hydrogen) atoms. The van der Waals surface area contributed by atoms with Crippen molar-refractivity contribution in [3.63, 3.8) is 0 Å². The summed E-state index contributed by atoms with van der Waals surface area (Å²) in [5.74, 6) is -0.735. The van der Waals surface area contributed by atoms with E-state index in [4.69, 9.17) is 5.73 Å². The minimum atomic E-state index is -4.06. The standard InChI is InChI=1S/C24H19N5O4S/c1-14-5-4-6-16(11-14)34(32,33)22-21-24(28-18-8-3-2-7-17(18)27-21)29(23(22)25)26-13-15-9-10-19(30)20(31)12-15/h2-13,30-31H,25H2,1H3. The molecule has 2 heterocycles. The van der Waals surface area contributed by atoms with Crippen molar-refractivity contribution in [1.82, 2.24) is 14.6 Å². The fraction of sp³-hybridized carbons (Fsp3) is 0.0417. The first-order valence-corrected chi connectivity index (χ1v) is 11.7. The van der Waals surface area contributed by atoms with E-state index in [9.17, 15) is 18.6 Å². The number of hydrogen-bond acceptors (Lipinski definition) is 8. The summed E-state index contributed by atoms with van der Waals surface area (Å²) in [7, 11) is -4.06. The van der Waals surface area contributed by atoms with Crippen molar-refractivity contribution >= 4 is 44.1 Å². The van der Waals surface area contributed by atoms with Gasteiger partial charge in [-0.05, 0) is 60.5 Å². The smallest absolute Gasteiger partial charge is 0.212 e. The van der Waals surface area contributed by atoms with Crippen LogP contribution in [0.25, 0.3) is 22.2 Å². The Kier molecular flexibility index (Phi) is 4.94. The molecule has 0 atom stereocenters. The van der Waals surface area contributed by atoms with E-state index in [0.29, 0.717) is 16.6 Å². The Labute approximate surface area is 194 Å². The molecular weight excluding hydrogens is 454 g/mol. The number of para-hydroxylation sites is 2. The van der Waals surface area contributed by atoms with E-state index < -0.39 is 9.84 Å². The van der Waals surface area contributed by atoms with Crippen LogP contribution in [0.2, 0.25) is 0 Å². The topological polar surface area (TPSA) is 144 Å². The molecule has 4 N–H and O–H groups in total. The van der Waals surface area contributed by atoms with Gasteiger partial charge in [0.1, 0.15) is 16.2 Å². The average molecular weight is 474 g/mol. The predicted octanol–water partition coefficient (Wildman–Crippen LogP) is 3.60. The molecule has 9 nitrogen and oxygen atoms in total. The number of sulfone groups is 1. The number of nitrogen functional groups attached to an aromatic ring is 1. The molecule has 0 fully saturated rings. The Morgan fingerprint density at radius 1 is 0.941 bits per heavy atom. The van der Waals surface area contributed by atoms with Gasteiger partial charge in [0.25, 0.3) is 0 Å². The highest BCUT2D eigenvalue weighted by molar-refractivity contribution is 7.92. The molecule has 0 radical (unpaired) electrons. The fourth-order valence-corrected chi connectivity index (χ4v) is 5.24. The van der Waals surface area contributed by atoms with Crippen molar-refractivity contribution in [2.24, 2.45) is 5.10 Å². The van der Waals surface area contributed by atoms with Crippen molar-refractivity contribution < 1.29 is 18.6 Å². The van der Waals surface area contributed by atoms with Crippen LogP contribution in [0.3, 0.4) is 0 Å². The molecule has 0 aliphatic carbocycles. The van der Waals surface area contributed by atoms with Crippen LogP contribution < -0.4 is 5.73 Å². The Morgan fingerprint density at radius 2 is 1.68 bits per heavy atom. The first-order chi connectivity index (χ1) is 16.3. The molecule has 0 spiro atoms. The lowest BCUT2D eigenvalue weighted by atomic mass is 10.2. The lowest BCUT2D eigenvalue weighted by Crippen LogP contribution is -2.07. The molecule has 5 aromatic rings. The zero-order valence-electron chi connectivity index (χ0n) is 17.9. The van der Waals surface area contributed by atoms with E-state index in [1.807, 2.05) is 0 Å². The molecule has 0 unspecified atom stereocenters. The highest BCUT2D eigenvalue weighted by atomic mass is 32.2. The molecule has 5 rings (SSSR count). The van der Waals surface area contributed by atoms with Gasteiger partial charge in [-0.3, -0.25) is 0 Å². The molecular formula is C24H19N5O4S. The SMILES string of the molecule is Cc1cccc(S(=O)(=O)c2c(N)n(N=Cc3ccc(O)c(O)c3)c3nc4ccccc4nc23)c1. The molecule has 170 valence electrons. The Morgan fingerprint density at radius 3 is 2.38 bits per heavy atom. The lowest BCUT2D eigenvalue weighted by Gasteiger charge is -2.06. The monoisotopic (exact) mass is 473 g/mol. The van der Waals surface area contributed by atoms with Gasteiger partial charge in [0.2, 0.25) is 9.84 Å². The maximum atomic E-state index is 13.7. The zero-order valence-corrected chi connectivity index (χ0v) is 18.7. The van der Waals surface area contributed by atoms with Crippen LogP contribution in [0.4, 0.5) is 5.82 Å². The van der Waals surface area contributed by atoms with E-state index in [1.165, 1.54) is 35.2 Å². The van der Waals surface area contributed by atoms with E-state index in [0.717, 1.165) is 5.56 Å². The second kappa shape index (κ2) is 7.85. The van der Waals surface area contributed by atoms with Gasteiger partial charge in [-0.15, -0.1) is 0 Å². The Balaban J connectivity index is 1.79. The second-order valence-electron chi connectivity index (χ2n) is 7.72. The molecule has 0 aliphatic rings. The number of nitrogens with two attached hydrogens (primary N) is 1. The number of phenolic OH excluding ortho intramolecular Hbond substituents is 2. The summed E-state index contributed by atoms with van der Waals surface area (Å²) in [4.78, 5) is 9.05. The molecule has 3 aromatic carbocycles. The van der Waals surface area contributed by atoms with E-state index >= 15 is 0 Å². The Hall–Kier alpha value is -4.44. The first kappa shape index (κ1) is 21.4. The number of aryl methyl sites for hydroxylation is 1. The predicted molar refractivity (Wildman–Crippen MR) is 129 cm³/mol. The van der Waals surface area contributed by atoms with Crippen molar-refractivity contribution in [2.45, 2.75) is 16.7 Å². The van der Waals surface area contributed by atoms with Gasteiger partial charge in [-0.25, -0.2) is 18.4 Å². The second-order valence-corrected chi connectivity index (χ2v) is 9.61. The van der Waals surface area contributed by atoms with Gasteiger partial charge >= 0.3 is 0 Å². The fourth-order valence-electron chi connectivity index (χ4n) is 3.65. The summed E-state index contributed by atoms with van der Waals surface area (Å²) in [6.45, 7) is 1.80. The zero-order chi connectivity index (χ0) is 24.0. The Bertz CT molecular complexity index is 1730. The highest BCUT2D eigenvalue weighted by Gasteiger charge is 2.30. The van der Waals surface area contributed by atoms with Crippen molar-refractivity contribution in [1.29, 1.82) is 0 Å². The molecule has 0 saturated heterocycles. The maximum absolute atomic E-state index is 13.7. The highest BCUT2D eigenvalue weighted by Crippen LogP contribution is 2.35. The third-order valence-electron chi connectivity index (χ3n) is 5.32. The normalized spacial score (nSPS) is 12.1. The molecule has 0 aliphatic heterocycles. The summed E-state index contributed by atoms with van der Waals surface area (Å²) in [5.41, 5.74) is 8.92. The van der Waals surface area contributed by atoms with E-state index in [1.54, 1.807) is 49.4 Å². The largest absolute Gasteiger partial charge is 0.504 e. The van der Waals surface area contributed by atoms with E-state index in [2.05, 4.69) is 15.1 Å². The summed E-state index contributed by atoms with van der Waals surface area (Å²) >= 11 is 0. The lowest BCUT2D eigenvalue weighted by molar-refractivity contribution is 0.403. The average Bonchev–Trinajstić information content (AvgIpc) is 3.09. The van der Waals surface area contributed by atoms with Gasteiger partial charge in [-0.1, -0.05) is 24.3 Å². The molecule has 10 heteroatoms. The third kappa shape index (κ3) is 3.50. The van der Waals surface area contributed by atoms with Gasteiger partial charge < -0.3 is 15.9 Å². The number of anilines is 1. The summed E-state index contributed by atoms with van der Waals surface area (Å²) < 4.78 is 28.5.